The molecule has 0 aliphatic carbocycles. The molecule has 0 spiro atoms. The molecule has 15 heavy (non-hydrogen) atoms. The predicted octanol–water partition coefficient (Wildman–Crippen LogP) is 1.22. The van der Waals surface area contributed by atoms with Crippen LogP contribution < -0.4 is 16.0 Å². The van der Waals surface area contributed by atoms with Crippen molar-refractivity contribution in [2.24, 2.45) is 0 Å². The standard InChI is InChI=1S/C11H23N3O/c1-8-7-9(5-6-12-8)13-10(15)14-11(2,3)4/h8-9,12H,5-7H2,1-4H3,(H2,13,14,15). The fourth-order valence-electron chi connectivity index (χ4n) is 1.83. The quantitative estimate of drug-likeness (QED) is 0.613. The van der Waals surface area contributed by atoms with E-state index in [9.17, 15) is 4.79 Å². The molecule has 0 saturated carbocycles. The third kappa shape index (κ3) is 5.02. The molecule has 1 fully saturated rings. The molecule has 1 rings (SSSR count). The van der Waals surface area contributed by atoms with Crippen LogP contribution in [0.15, 0.2) is 0 Å². The summed E-state index contributed by atoms with van der Waals surface area (Å²) in [6, 6.07) is 0.754. The summed E-state index contributed by atoms with van der Waals surface area (Å²) in [6.07, 6.45) is 2.03. The lowest BCUT2D eigenvalue weighted by Gasteiger charge is -2.30. The molecule has 2 amide bonds. The molecule has 0 radical (unpaired) electrons. The SMILES string of the molecule is CC1CC(NC(=O)NC(C)(C)C)CCN1. The molecule has 0 aromatic heterocycles. The first-order chi connectivity index (χ1) is 6.87. The summed E-state index contributed by atoms with van der Waals surface area (Å²) in [5.41, 5.74) is -0.164. The van der Waals surface area contributed by atoms with E-state index in [0.29, 0.717) is 12.1 Å². The summed E-state index contributed by atoms with van der Waals surface area (Å²) in [5, 5.41) is 9.29. The third-order valence-electron chi connectivity index (χ3n) is 2.45. The summed E-state index contributed by atoms with van der Waals surface area (Å²) < 4.78 is 0. The molecule has 0 bridgehead atoms. The normalized spacial score (nSPS) is 27.2. The number of hydrogen-bond donors (Lipinski definition) is 3. The van der Waals surface area contributed by atoms with Crippen molar-refractivity contribution in [3.05, 3.63) is 0 Å². The monoisotopic (exact) mass is 213 g/mol. The maximum absolute atomic E-state index is 11.6. The fourth-order valence-corrected chi connectivity index (χ4v) is 1.83. The maximum atomic E-state index is 11.6. The Labute approximate surface area is 92.2 Å². The zero-order chi connectivity index (χ0) is 11.5. The van der Waals surface area contributed by atoms with Gasteiger partial charge in [0.2, 0.25) is 0 Å². The molecule has 4 heteroatoms. The maximum Gasteiger partial charge on any atom is 0.315 e. The summed E-state index contributed by atoms with van der Waals surface area (Å²) in [4.78, 5) is 11.6. The Morgan fingerprint density at radius 1 is 1.40 bits per heavy atom. The van der Waals surface area contributed by atoms with Crippen LogP contribution in [0.1, 0.15) is 40.5 Å². The first-order valence-electron chi connectivity index (χ1n) is 5.69. The molecule has 3 N–H and O–H groups in total. The second kappa shape index (κ2) is 4.84. The van der Waals surface area contributed by atoms with E-state index < -0.39 is 0 Å². The minimum absolute atomic E-state index is 0.0541. The van der Waals surface area contributed by atoms with Crippen molar-refractivity contribution < 1.29 is 4.79 Å². The van der Waals surface area contributed by atoms with Gasteiger partial charge in [0.1, 0.15) is 0 Å². The molecule has 1 heterocycles. The number of urea groups is 1. The van der Waals surface area contributed by atoms with Crippen LogP contribution in [-0.4, -0.2) is 30.2 Å². The van der Waals surface area contributed by atoms with Crippen molar-refractivity contribution in [3.8, 4) is 0 Å². The van der Waals surface area contributed by atoms with Crippen LogP contribution in [0.4, 0.5) is 4.79 Å². The average molecular weight is 213 g/mol. The van der Waals surface area contributed by atoms with Crippen molar-refractivity contribution in [2.75, 3.05) is 6.54 Å². The Kier molecular flexibility index (Phi) is 3.97. The number of piperidine rings is 1. The van der Waals surface area contributed by atoms with Crippen LogP contribution in [0.3, 0.4) is 0 Å². The van der Waals surface area contributed by atoms with Gasteiger partial charge in [-0.3, -0.25) is 0 Å². The zero-order valence-corrected chi connectivity index (χ0v) is 10.2. The van der Waals surface area contributed by atoms with Crippen LogP contribution in [0.5, 0.6) is 0 Å². The summed E-state index contributed by atoms with van der Waals surface area (Å²) in [6.45, 7) is 9.09. The number of amides is 2. The van der Waals surface area contributed by atoms with E-state index in [0.717, 1.165) is 19.4 Å². The van der Waals surface area contributed by atoms with Crippen LogP contribution in [-0.2, 0) is 0 Å². The van der Waals surface area contributed by atoms with Crippen LogP contribution in [0, 0.1) is 0 Å². The Morgan fingerprint density at radius 3 is 2.60 bits per heavy atom. The lowest BCUT2D eigenvalue weighted by atomic mass is 10.0. The Hall–Kier alpha value is -0.770. The second-order valence-corrected chi connectivity index (χ2v) is 5.42. The van der Waals surface area contributed by atoms with Crippen LogP contribution in [0.25, 0.3) is 0 Å². The molecule has 2 atom stereocenters. The Morgan fingerprint density at radius 2 is 2.07 bits per heavy atom. The molecular formula is C11H23N3O. The smallest absolute Gasteiger partial charge is 0.315 e. The molecule has 88 valence electrons. The highest BCUT2D eigenvalue weighted by Gasteiger charge is 2.21. The van der Waals surface area contributed by atoms with Gasteiger partial charge in [-0.25, -0.2) is 4.79 Å². The largest absolute Gasteiger partial charge is 0.335 e. The van der Waals surface area contributed by atoms with Crippen molar-refractivity contribution >= 4 is 6.03 Å². The zero-order valence-electron chi connectivity index (χ0n) is 10.2. The summed E-state index contributed by atoms with van der Waals surface area (Å²) in [5.74, 6) is 0. The van der Waals surface area contributed by atoms with E-state index in [-0.39, 0.29) is 11.6 Å². The van der Waals surface area contributed by atoms with Gasteiger partial charge in [-0.2, -0.15) is 0 Å². The van der Waals surface area contributed by atoms with Crippen LogP contribution in [0.2, 0.25) is 0 Å². The molecule has 0 aromatic carbocycles. The van der Waals surface area contributed by atoms with Gasteiger partial charge in [0, 0.05) is 17.6 Å². The first kappa shape index (κ1) is 12.3. The van der Waals surface area contributed by atoms with Gasteiger partial charge in [0.15, 0.2) is 0 Å². The Bertz CT molecular complexity index is 222. The molecule has 1 saturated heterocycles. The van der Waals surface area contributed by atoms with Gasteiger partial charge in [0.05, 0.1) is 0 Å². The lowest BCUT2D eigenvalue weighted by molar-refractivity contribution is 0.222. The van der Waals surface area contributed by atoms with Gasteiger partial charge in [-0.1, -0.05) is 0 Å². The number of nitrogens with one attached hydrogen (secondary N) is 3. The van der Waals surface area contributed by atoms with Crippen LogP contribution >= 0.6 is 0 Å². The third-order valence-corrected chi connectivity index (χ3v) is 2.45. The number of rotatable bonds is 1. The topological polar surface area (TPSA) is 53.2 Å². The van der Waals surface area contributed by atoms with Crippen molar-refractivity contribution in [1.82, 2.24) is 16.0 Å². The van der Waals surface area contributed by atoms with Gasteiger partial charge in [-0.05, 0) is 47.1 Å². The van der Waals surface area contributed by atoms with Gasteiger partial charge >= 0.3 is 6.03 Å². The summed E-state index contributed by atoms with van der Waals surface area (Å²) >= 11 is 0. The fraction of sp³-hybridized carbons (Fsp3) is 0.909. The molecule has 0 aromatic rings. The van der Waals surface area contributed by atoms with Gasteiger partial charge < -0.3 is 16.0 Å². The summed E-state index contributed by atoms with van der Waals surface area (Å²) in [7, 11) is 0. The highest BCUT2D eigenvalue weighted by Crippen LogP contribution is 2.08. The van der Waals surface area contributed by atoms with E-state index in [2.05, 4.69) is 22.9 Å². The van der Waals surface area contributed by atoms with Crippen molar-refractivity contribution in [3.63, 3.8) is 0 Å². The van der Waals surface area contributed by atoms with E-state index in [4.69, 9.17) is 0 Å². The minimum atomic E-state index is -0.164. The Balaban J connectivity index is 2.31. The molecule has 1 aliphatic rings. The number of carbonyl (C=O) groups is 1. The molecular weight excluding hydrogens is 190 g/mol. The lowest BCUT2D eigenvalue weighted by Crippen LogP contribution is -2.53. The average Bonchev–Trinajstić information content (AvgIpc) is 1.99. The van der Waals surface area contributed by atoms with E-state index in [1.54, 1.807) is 0 Å². The minimum Gasteiger partial charge on any atom is -0.335 e. The molecule has 2 unspecified atom stereocenters. The van der Waals surface area contributed by atoms with E-state index >= 15 is 0 Å². The molecule has 1 aliphatic heterocycles. The second-order valence-electron chi connectivity index (χ2n) is 5.42. The number of hydrogen-bond acceptors (Lipinski definition) is 2. The molecule has 4 nitrogen and oxygen atoms in total. The highest BCUT2D eigenvalue weighted by molar-refractivity contribution is 5.74. The van der Waals surface area contributed by atoms with Crippen molar-refractivity contribution in [2.45, 2.75) is 58.2 Å². The first-order valence-corrected chi connectivity index (χ1v) is 5.69. The van der Waals surface area contributed by atoms with E-state index in [1.807, 2.05) is 20.8 Å². The van der Waals surface area contributed by atoms with Gasteiger partial charge in [-0.15, -0.1) is 0 Å². The van der Waals surface area contributed by atoms with E-state index in [1.165, 1.54) is 0 Å². The highest BCUT2D eigenvalue weighted by atomic mass is 16.2. The number of carbonyl (C=O) groups excluding carboxylic acids is 1. The predicted molar refractivity (Wildman–Crippen MR) is 61.9 cm³/mol. The van der Waals surface area contributed by atoms with Gasteiger partial charge in [0.25, 0.3) is 0 Å². The van der Waals surface area contributed by atoms with Crippen molar-refractivity contribution in [1.29, 1.82) is 0 Å².